The molecule has 1 amide bonds. The van der Waals surface area contributed by atoms with Crippen LogP contribution in [0.15, 0.2) is 27.4 Å². The molecule has 3 aromatic heterocycles. The Balaban J connectivity index is 1.21. The number of aryl methyl sites for hydroxylation is 3. The van der Waals surface area contributed by atoms with Crippen molar-refractivity contribution in [1.82, 2.24) is 19.8 Å². The van der Waals surface area contributed by atoms with Crippen LogP contribution in [0.3, 0.4) is 0 Å². The van der Waals surface area contributed by atoms with Crippen molar-refractivity contribution in [1.29, 1.82) is 0 Å². The average Bonchev–Trinajstić information content (AvgIpc) is 3.35. The number of hydrogen-bond donors (Lipinski definition) is 1. The Labute approximate surface area is 184 Å². The van der Waals surface area contributed by atoms with Gasteiger partial charge in [-0.05, 0) is 56.4 Å². The van der Waals surface area contributed by atoms with Gasteiger partial charge in [0.15, 0.2) is 0 Å². The van der Waals surface area contributed by atoms with Crippen LogP contribution < -0.4 is 5.56 Å². The van der Waals surface area contributed by atoms with Gasteiger partial charge in [0.25, 0.3) is 5.56 Å². The topological polar surface area (TPSA) is 82.4 Å². The summed E-state index contributed by atoms with van der Waals surface area (Å²) in [6.07, 6.45) is 7.69. The number of aromatic nitrogens is 2. The lowest BCUT2D eigenvalue weighted by Gasteiger charge is -2.33. The van der Waals surface area contributed by atoms with Crippen LogP contribution in [-0.4, -0.2) is 51.9 Å². The van der Waals surface area contributed by atoms with Gasteiger partial charge < -0.3 is 14.3 Å². The Kier molecular flexibility index (Phi) is 5.50. The van der Waals surface area contributed by atoms with E-state index in [1.165, 1.54) is 16.9 Å². The number of fused-ring (bicyclic) bond motifs is 3. The number of carbonyl (C=O) groups is 1. The summed E-state index contributed by atoms with van der Waals surface area (Å²) < 4.78 is 5.47. The molecule has 0 bridgehead atoms. The summed E-state index contributed by atoms with van der Waals surface area (Å²) in [5, 5.41) is 0.803. The number of nitrogens with zero attached hydrogens (tertiary/aromatic N) is 3. The second kappa shape index (κ2) is 8.43. The zero-order valence-electron chi connectivity index (χ0n) is 17.6. The highest BCUT2D eigenvalue weighted by molar-refractivity contribution is 7.18. The number of H-pyrrole nitrogens is 1. The van der Waals surface area contributed by atoms with Crippen molar-refractivity contribution in [2.24, 2.45) is 0 Å². The van der Waals surface area contributed by atoms with Gasteiger partial charge in [-0.2, -0.15) is 0 Å². The van der Waals surface area contributed by atoms with Crippen LogP contribution in [0.4, 0.5) is 0 Å². The van der Waals surface area contributed by atoms with Crippen LogP contribution in [0.2, 0.25) is 0 Å². The molecule has 4 heterocycles. The van der Waals surface area contributed by atoms with Gasteiger partial charge in [-0.1, -0.05) is 0 Å². The molecule has 7 nitrogen and oxygen atoms in total. The Bertz CT molecular complexity index is 1200. The zero-order chi connectivity index (χ0) is 21.4. The van der Waals surface area contributed by atoms with Gasteiger partial charge in [0.1, 0.15) is 22.2 Å². The first-order valence-electron chi connectivity index (χ1n) is 10.9. The van der Waals surface area contributed by atoms with Gasteiger partial charge in [-0.15, -0.1) is 11.3 Å². The lowest BCUT2D eigenvalue weighted by molar-refractivity contribution is -0.127. The van der Waals surface area contributed by atoms with Gasteiger partial charge in [-0.3, -0.25) is 14.5 Å². The SMILES string of the molecule is Cc1ccc(/C=C/C(=O)N2CCN(Cc3nc4sc5c(c4c(=O)[nH]3)CCCC5)CC2)o1. The molecule has 0 spiro atoms. The van der Waals surface area contributed by atoms with Crippen molar-refractivity contribution in [3.05, 3.63) is 56.3 Å². The standard InChI is InChI=1S/C23H26N4O3S/c1-15-6-7-16(30-15)8-9-20(28)27-12-10-26(11-13-27)14-19-24-22(29)21-17-4-2-3-5-18(17)31-23(21)25-19/h6-9H,2-5,10-14H2,1H3,(H,24,25,29)/b9-8+. The molecule has 31 heavy (non-hydrogen) atoms. The molecule has 1 fully saturated rings. The molecule has 0 saturated carbocycles. The van der Waals surface area contributed by atoms with Crippen LogP contribution in [0.1, 0.15) is 40.6 Å². The molecule has 1 aliphatic heterocycles. The highest BCUT2D eigenvalue weighted by Crippen LogP contribution is 2.33. The highest BCUT2D eigenvalue weighted by atomic mass is 32.1. The third-order valence-corrected chi connectivity index (χ3v) is 7.27. The monoisotopic (exact) mass is 438 g/mol. The molecule has 0 unspecified atom stereocenters. The third kappa shape index (κ3) is 4.22. The Morgan fingerprint density at radius 2 is 2.03 bits per heavy atom. The maximum Gasteiger partial charge on any atom is 0.259 e. The lowest BCUT2D eigenvalue weighted by Crippen LogP contribution is -2.48. The van der Waals surface area contributed by atoms with Crippen LogP contribution in [0, 0.1) is 6.92 Å². The molecule has 1 N–H and O–H groups in total. The summed E-state index contributed by atoms with van der Waals surface area (Å²) in [5.74, 6) is 2.22. The van der Waals surface area contributed by atoms with Crippen molar-refractivity contribution in [3.63, 3.8) is 0 Å². The minimum Gasteiger partial charge on any atom is -0.462 e. The quantitative estimate of drug-likeness (QED) is 0.633. The molecule has 8 heteroatoms. The summed E-state index contributed by atoms with van der Waals surface area (Å²) in [4.78, 5) is 39.2. The Morgan fingerprint density at radius 1 is 1.23 bits per heavy atom. The summed E-state index contributed by atoms with van der Waals surface area (Å²) in [6, 6.07) is 3.73. The first-order valence-corrected chi connectivity index (χ1v) is 11.7. The number of nitrogens with one attached hydrogen (secondary N) is 1. The molecule has 162 valence electrons. The fourth-order valence-corrected chi connectivity index (χ4v) is 5.70. The number of thiophene rings is 1. The summed E-state index contributed by atoms with van der Waals surface area (Å²) in [6.45, 7) is 5.28. The maximum absolute atomic E-state index is 12.7. The van der Waals surface area contributed by atoms with Crippen molar-refractivity contribution in [2.45, 2.75) is 39.2 Å². The average molecular weight is 439 g/mol. The predicted octanol–water partition coefficient (Wildman–Crippen LogP) is 3.12. The molecule has 0 atom stereocenters. The molecule has 1 aliphatic carbocycles. The molecular formula is C23H26N4O3S. The number of hydrogen-bond acceptors (Lipinski definition) is 6. The van der Waals surface area contributed by atoms with Crippen LogP contribution >= 0.6 is 11.3 Å². The summed E-state index contributed by atoms with van der Waals surface area (Å²) >= 11 is 1.68. The minimum atomic E-state index is -0.00850. The van der Waals surface area contributed by atoms with Crippen LogP contribution in [0.5, 0.6) is 0 Å². The normalized spacial score (nSPS) is 17.5. The van der Waals surface area contributed by atoms with Gasteiger partial charge in [-0.25, -0.2) is 4.98 Å². The second-order valence-corrected chi connectivity index (χ2v) is 9.37. The van der Waals surface area contributed by atoms with E-state index in [1.807, 2.05) is 24.0 Å². The smallest absolute Gasteiger partial charge is 0.259 e. The van der Waals surface area contributed by atoms with Crippen molar-refractivity contribution < 1.29 is 9.21 Å². The molecule has 3 aromatic rings. The minimum absolute atomic E-state index is 0.00786. The van der Waals surface area contributed by atoms with E-state index in [4.69, 9.17) is 9.40 Å². The zero-order valence-corrected chi connectivity index (χ0v) is 18.5. The van der Waals surface area contributed by atoms with E-state index in [0.29, 0.717) is 31.2 Å². The van der Waals surface area contributed by atoms with E-state index >= 15 is 0 Å². The van der Waals surface area contributed by atoms with Crippen LogP contribution in [0.25, 0.3) is 16.3 Å². The van der Waals surface area contributed by atoms with Crippen LogP contribution in [-0.2, 0) is 24.2 Å². The fraction of sp³-hybridized carbons (Fsp3) is 0.435. The number of carbonyl (C=O) groups excluding carboxylic acids is 1. The molecule has 5 rings (SSSR count). The van der Waals surface area contributed by atoms with Gasteiger partial charge in [0, 0.05) is 37.1 Å². The van der Waals surface area contributed by atoms with Gasteiger partial charge in [0.05, 0.1) is 11.9 Å². The highest BCUT2D eigenvalue weighted by Gasteiger charge is 2.22. The third-order valence-electron chi connectivity index (χ3n) is 6.08. The molecule has 2 aliphatic rings. The summed E-state index contributed by atoms with van der Waals surface area (Å²) in [5.41, 5.74) is 1.21. The molecular weight excluding hydrogens is 412 g/mol. The Morgan fingerprint density at radius 3 is 2.81 bits per heavy atom. The van der Waals surface area contributed by atoms with E-state index in [9.17, 15) is 9.59 Å². The van der Waals surface area contributed by atoms with E-state index in [-0.39, 0.29) is 11.5 Å². The van der Waals surface area contributed by atoms with E-state index < -0.39 is 0 Å². The van der Waals surface area contributed by atoms with E-state index in [2.05, 4.69) is 9.88 Å². The maximum atomic E-state index is 12.7. The fourth-order valence-electron chi connectivity index (χ4n) is 4.42. The molecule has 0 aromatic carbocycles. The first kappa shape index (κ1) is 20.2. The largest absolute Gasteiger partial charge is 0.462 e. The predicted molar refractivity (Wildman–Crippen MR) is 121 cm³/mol. The lowest BCUT2D eigenvalue weighted by atomic mass is 9.97. The first-order chi connectivity index (χ1) is 15.1. The summed E-state index contributed by atoms with van der Waals surface area (Å²) in [7, 11) is 0. The van der Waals surface area contributed by atoms with E-state index in [0.717, 1.165) is 48.3 Å². The molecule has 0 radical (unpaired) electrons. The number of amides is 1. The number of rotatable bonds is 4. The molecule has 1 saturated heterocycles. The van der Waals surface area contributed by atoms with Crippen molar-refractivity contribution >= 4 is 33.5 Å². The Hall–Kier alpha value is -2.71. The van der Waals surface area contributed by atoms with E-state index in [1.54, 1.807) is 23.5 Å². The second-order valence-electron chi connectivity index (χ2n) is 8.29. The van der Waals surface area contributed by atoms with Gasteiger partial charge in [0.2, 0.25) is 5.91 Å². The van der Waals surface area contributed by atoms with Crippen molar-refractivity contribution in [3.8, 4) is 0 Å². The number of piperazine rings is 1. The van der Waals surface area contributed by atoms with Crippen molar-refractivity contribution in [2.75, 3.05) is 26.2 Å². The number of aromatic amines is 1. The van der Waals surface area contributed by atoms with Gasteiger partial charge >= 0.3 is 0 Å². The number of furan rings is 1.